The molecule has 0 aliphatic carbocycles. The molecule has 112 valence electrons. The van der Waals surface area contributed by atoms with Gasteiger partial charge >= 0.3 is 6.09 Å². The summed E-state index contributed by atoms with van der Waals surface area (Å²) in [6, 6.07) is 0.586. The van der Waals surface area contributed by atoms with E-state index in [-0.39, 0.29) is 6.09 Å². The molecular weight excluding hydrogens is 260 g/mol. The largest absolute Gasteiger partial charge is 0.444 e. The van der Waals surface area contributed by atoms with Gasteiger partial charge in [-0.15, -0.1) is 0 Å². The van der Waals surface area contributed by atoms with Crippen molar-refractivity contribution in [1.29, 1.82) is 0 Å². The Morgan fingerprint density at radius 1 is 1.47 bits per heavy atom. The van der Waals surface area contributed by atoms with Gasteiger partial charge in [0.05, 0.1) is 0 Å². The second-order valence-corrected chi connectivity index (χ2v) is 7.47. The molecule has 1 aliphatic rings. The van der Waals surface area contributed by atoms with Gasteiger partial charge in [0.15, 0.2) is 0 Å². The fourth-order valence-corrected chi connectivity index (χ4v) is 3.32. The molecule has 1 amide bonds. The lowest BCUT2D eigenvalue weighted by atomic mass is 10.2. The molecule has 1 rings (SSSR count). The van der Waals surface area contributed by atoms with Crippen molar-refractivity contribution in [3.05, 3.63) is 0 Å². The number of hydrogen-bond donors (Lipinski definition) is 1. The van der Waals surface area contributed by atoms with E-state index >= 15 is 0 Å². The summed E-state index contributed by atoms with van der Waals surface area (Å²) in [5, 5.41) is 4.22. The van der Waals surface area contributed by atoms with Gasteiger partial charge in [-0.1, -0.05) is 6.92 Å². The maximum absolute atomic E-state index is 12.0. The van der Waals surface area contributed by atoms with Crippen LogP contribution in [0.3, 0.4) is 0 Å². The summed E-state index contributed by atoms with van der Waals surface area (Å²) in [7, 11) is 0. The maximum atomic E-state index is 12.0. The minimum absolute atomic E-state index is 0.217. The van der Waals surface area contributed by atoms with Gasteiger partial charge in [0.2, 0.25) is 0 Å². The fraction of sp³-hybridized carbons (Fsp3) is 0.929. The van der Waals surface area contributed by atoms with E-state index in [0.717, 1.165) is 6.54 Å². The Bertz CT molecular complexity index is 292. The fourth-order valence-electron chi connectivity index (χ4n) is 2.09. The van der Waals surface area contributed by atoms with Gasteiger partial charge in [-0.3, -0.25) is 0 Å². The Morgan fingerprint density at radius 2 is 2.16 bits per heavy atom. The lowest BCUT2D eigenvalue weighted by Crippen LogP contribution is -2.43. The van der Waals surface area contributed by atoms with Crippen LogP contribution in [-0.4, -0.2) is 53.3 Å². The van der Waals surface area contributed by atoms with Gasteiger partial charge in [0.25, 0.3) is 0 Å². The number of thioether (sulfide) groups is 1. The molecule has 1 aliphatic heterocycles. The molecule has 1 saturated heterocycles. The van der Waals surface area contributed by atoms with Crippen molar-refractivity contribution in [3.63, 3.8) is 0 Å². The van der Waals surface area contributed by atoms with Crippen LogP contribution < -0.4 is 5.32 Å². The minimum Gasteiger partial charge on any atom is -0.444 e. The van der Waals surface area contributed by atoms with Crippen LogP contribution in [0.5, 0.6) is 0 Å². The number of nitrogens with one attached hydrogen (secondary N) is 1. The van der Waals surface area contributed by atoms with E-state index in [4.69, 9.17) is 4.74 Å². The number of carbonyl (C=O) groups excluding carboxylic acids is 1. The lowest BCUT2D eigenvalue weighted by molar-refractivity contribution is 0.0261. The van der Waals surface area contributed by atoms with Crippen molar-refractivity contribution < 1.29 is 9.53 Å². The van der Waals surface area contributed by atoms with Crippen LogP contribution >= 0.6 is 11.8 Å². The topological polar surface area (TPSA) is 41.6 Å². The number of hydrogen-bond acceptors (Lipinski definition) is 4. The Balaban J connectivity index is 2.30. The van der Waals surface area contributed by atoms with Gasteiger partial charge < -0.3 is 15.0 Å². The van der Waals surface area contributed by atoms with Crippen molar-refractivity contribution in [1.82, 2.24) is 10.2 Å². The Labute approximate surface area is 121 Å². The highest BCUT2D eigenvalue weighted by atomic mass is 32.2. The van der Waals surface area contributed by atoms with Gasteiger partial charge in [0.1, 0.15) is 5.60 Å². The van der Waals surface area contributed by atoms with Crippen LogP contribution in [0.2, 0.25) is 0 Å². The van der Waals surface area contributed by atoms with Crippen LogP contribution in [0, 0.1) is 0 Å². The van der Waals surface area contributed by atoms with Crippen molar-refractivity contribution >= 4 is 17.9 Å². The van der Waals surface area contributed by atoms with Gasteiger partial charge in [-0.25, -0.2) is 4.79 Å². The third kappa shape index (κ3) is 6.04. The minimum atomic E-state index is -0.422. The number of ether oxygens (including phenoxy) is 1. The normalized spacial score (nSPS) is 23.4. The van der Waals surface area contributed by atoms with E-state index in [1.165, 1.54) is 12.2 Å². The van der Waals surface area contributed by atoms with Gasteiger partial charge in [-0.2, -0.15) is 11.8 Å². The average molecular weight is 288 g/mol. The zero-order valence-corrected chi connectivity index (χ0v) is 13.7. The number of nitrogens with zero attached hydrogens (tertiary/aromatic N) is 1. The maximum Gasteiger partial charge on any atom is 0.410 e. The molecule has 2 atom stereocenters. The molecule has 0 aromatic rings. The van der Waals surface area contributed by atoms with Crippen LogP contribution in [0.15, 0.2) is 0 Å². The molecule has 0 spiro atoms. The van der Waals surface area contributed by atoms with Crippen LogP contribution in [0.25, 0.3) is 0 Å². The highest BCUT2D eigenvalue weighted by Gasteiger charge is 2.24. The zero-order chi connectivity index (χ0) is 14.5. The number of likely N-dealkylation sites (N-methyl/N-ethyl adjacent to an activating group) is 1. The summed E-state index contributed by atoms with van der Waals surface area (Å²) in [6.07, 6.45) is 1.01. The quantitative estimate of drug-likeness (QED) is 0.844. The second kappa shape index (κ2) is 7.39. The van der Waals surface area contributed by atoms with Crippen LogP contribution in [-0.2, 0) is 4.74 Å². The van der Waals surface area contributed by atoms with E-state index in [0.29, 0.717) is 24.4 Å². The molecule has 0 bridgehead atoms. The molecule has 4 nitrogen and oxygen atoms in total. The Hall–Kier alpha value is -0.420. The number of carbonyl (C=O) groups is 1. The molecule has 0 radical (unpaired) electrons. The van der Waals surface area contributed by atoms with Gasteiger partial charge in [-0.05, 0) is 39.9 Å². The zero-order valence-electron chi connectivity index (χ0n) is 12.9. The smallest absolute Gasteiger partial charge is 0.410 e. The summed E-state index contributed by atoms with van der Waals surface area (Å²) >= 11 is 2.02. The molecule has 1 N–H and O–H groups in total. The summed E-state index contributed by atoms with van der Waals surface area (Å²) in [4.78, 5) is 13.7. The molecule has 5 heteroatoms. The van der Waals surface area contributed by atoms with E-state index in [1.54, 1.807) is 4.90 Å². The second-order valence-electron chi connectivity index (χ2n) is 5.99. The molecular formula is C14H28N2O2S. The first-order valence-electron chi connectivity index (χ1n) is 7.16. The van der Waals surface area contributed by atoms with E-state index in [9.17, 15) is 4.79 Å². The molecule has 0 aromatic carbocycles. The predicted molar refractivity (Wildman–Crippen MR) is 81.8 cm³/mol. The predicted octanol–water partition coefficient (Wildman–Crippen LogP) is 2.73. The van der Waals surface area contributed by atoms with Crippen molar-refractivity contribution in [2.24, 2.45) is 0 Å². The molecule has 0 saturated carbocycles. The first-order valence-corrected chi connectivity index (χ1v) is 8.21. The SMILES string of the molecule is CCN(CCNC1CCSC1C)C(=O)OC(C)(C)C. The van der Waals surface area contributed by atoms with Crippen molar-refractivity contribution in [2.75, 3.05) is 25.4 Å². The van der Waals surface area contributed by atoms with Crippen LogP contribution in [0.1, 0.15) is 41.0 Å². The molecule has 19 heavy (non-hydrogen) atoms. The van der Waals surface area contributed by atoms with Crippen molar-refractivity contribution in [2.45, 2.75) is 57.9 Å². The highest BCUT2D eigenvalue weighted by Crippen LogP contribution is 2.25. The standard InChI is InChI=1S/C14H28N2O2S/c1-6-16(13(17)18-14(3,4)5)9-8-15-12-7-10-19-11(12)2/h11-12,15H,6-10H2,1-5H3. The molecule has 1 fully saturated rings. The Kier molecular flexibility index (Phi) is 6.47. The van der Waals surface area contributed by atoms with Crippen molar-refractivity contribution in [3.8, 4) is 0 Å². The van der Waals surface area contributed by atoms with Gasteiger partial charge in [0, 0.05) is 30.9 Å². The monoisotopic (exact) mass is 288 g/mol. The number of rotatable bonds is 5. The third-order valence-corrected chi connectivity index (χ3v) is 4.52. The first-order chi connectivity index (χ1) is 8.83. The Morgan fingerprint density at radius 3 is 2.63 bits per heavy atom. The first kappa shape index (κ1) is 16.6. The average Bonchev–Trinajstić information content (AvgIpc) is 2.68. The summed E-state index contributed by atoms with van der Waals surface area (Å²) < 4.78 is 5.39. The summed E-state index contributed by atoms with van der Waals surface area (Å²) in [5.41, 5.74) is -0.422. The van der Waals surface area contributed by atoms with E-state index in [1.807, 2.05) is 39.5 Å². The number of amides is 1. The molecule has 2 unspecified atom stereocenters. The third-order valence-electron chi connectivity index (χ3n) is 3.20. The summed E-state index contributed by atoms with van der Waals surface area (Å²) in [5.74, 6) is 1.24. The van der Waals surface area contributed by atoms with Crippen LogP contribution in [0.4, 0.5) is 4.79 Å². The van der Waals surface area contributed by atoms with E-state index in [2.05, 4.69) is 12.2 Å². The molecule has 0 aromatic heterocycles. The molecule has 1 heterocycles. The summed E-state index contributed by atoms with van der Waals surface area (Å²) in [6.45, 7) is 12.2. The highest BCUT2D eigenvalue weighted by molar-refractivity contribution is 8.00. The lowest BCUT2D eigenvalue weighted by Gasteiger charge is -2.27. The van der Waals surface area contributed by atoms with E-state index < -0.39 is 5.60 Å².